The standard InChI is InChI=1S/C13H23N3O/c1-8(2)5-9(7-14)12-15-11(16-17-12)10-6-13(10,3)4/h8-10H,5-7,14H2,1-4H3. The Labute approximate surface area is 103 Å². The summed E-state index contributed by atoms with van der Waals surface area (Å²) in [5, 5.41) is 4.11. The van der Waals surface area contributed by atoms with E-state index < -0.39 is 0 Å². The second-order valence-electron chi connectivity index (χ2n) is 6.30. The maximum Gasteiger partial charge on any atom is 0.231 e. The zero-order valence-corrected chi connectivity index (χ0v) is 11.2. The highest BCUT2D eigenvalue weighted by molar-refractivity contribution is 5.15. The highest BCUT2D eigenvalue weighted by Crippen LogP contribution is 2.57. The van der Waals surface area contributed by atoms with Gasteiger partial charge < -0.3 is 10.3 Å². The maximum absolute atomic E-state index is 5.78. The van der Waals surface area contributed by atoms with Crippen molar-refractivity contribution in [1.29, 1.82) is 0 Å². The van der Waals surface area contributed by atoms with Gasteiger partial charge in [-0.2, -0.15) is 4.98 Å². The first-order chi connectivity index (χ1) is 7.94. The lowest BCUT2D eigenvalue weighted by molar-refractivity contribution is 0.331. The number of rotatable bonds is 5. The number of nitrogens with zero attached hydrogens (tertiary/aromatic N) is 2. The van der Waals surface area contributed by atoms with Crippen LogP contribution in [-0.2, 0) is 0 Å². The van der Waals surface area contributed by atoms with Crippen molar-refractivity contribution in [3.05, 3.63) is 11.7 Å². The van der Waals surface area contributed by atoms with E-state index in [0.29, 0.717) is 23.8 Å². The smallest absolute Gasteiger partial charge is 0.231 e. The summed E-state index contributed by atoms with van der Waals surface area (Å²) < 4.78 is 5.37. The van der Waals surface area contributed by atoms with E-state index in [4.69, 9.17) is 10.3 Å². The SMILES string of the molecule is CC(C)CC(CN)c1nc(C2CC2(C)C)no1. The minimum Gasteiger partial charge on any atom is -0.339 e. The summed E-state index contributed by atoms with van der Waals surface area (Å²) in [5.41, 5.74) is 6.12. The molecule has 2 N–H and O–H groups in total. The zero-order chi connectivity index (χ0) is 12.6. The van der Waals surface area contributed by atoms with Gasteiger partial charge in [0.1, 0.15) is 0 Å². The highest BCUT2D eigenvalue weighted by Gasteiger charge is 2.49. The van der Waals surface area contributed by atoms with E-state index in [1.54, 1.807) is 0 Å². The van der Waals surface area contributed by atoms with Crippen LogP contribution in [0.5, 0.6) is 0 Å². The molecule has 0 saturated heterocycles. The van der Waals surface area contributed by atoms with Crippen LogP contribution in [0.15, 0.2) is 4.52 Å². The molecule has 4 heteroatoms. The third kappa shape index (κ3) is 2.68. The molecule has 4 nitrogen and oxygen atoms in total. The Balaban J connectivity index is 2.07. The first kappa shape index (κ1) is 12.6. The molecule has 0 spiro atoms. The number of aromatic nitrogens is 2. The highest BCUT2D eigenvalue weighted by atomic mass is 16.5. The largest absolute Gasteiger partial charge is 0.339 e. The minimum atomic E-state index is 0.207. The summed E-state index contributed by atoms with van der Waals surface area (Å²) in [7, 11) is 0. The van der Waals surface area contributed by atoms with Crippen molar-refractivity contribution in [2.24, 2.45) is 17.1 Å². The van der Waals surface area contributed by atoms with Gasteiger partial charge in [0, 0.05) is 12.5 Å². The van der Waals surface area contributed by atoms with Crippen molar-refractivity contribution < 1.29 is 4.52 Å². The number of hydrogen-bond donors (Lipinski definition) is 1. The molecular formula is C13H23N3O. The molecule has 1 aliphatic rings. The third-order valence-corrected chi connectivity index (χ3v) is 3.67. The van der Waals surface area contributed by atoms with Gasteiger partial charge in [-0.05, 0) is 24.2 Å². The molecule has 1 heterocycles. The lowest BCUT2D eigenvalue weighted by Crippen LogP contribution is -2.15. The fourth-order valence-corrected chi connectivity index (χ4v) is 2.33. The Morgan fingerprint density at radius 1 is 1.47 bits per heavy atom. The third-order valence-electron chi connectivity index (χ3n) is 3.67. The van der Waals surface area contributed by atoms with Gasteiger partial charge in [0.05, 0.1) is 5.92 Å². The summed E-state index contributed by atoms with van der Waals surface area (Å²) in [4.78, 5) is 4.53. The van der Waals surface area contributed by atoms with E-state index in [2.05, 4.69) is 37.8 Å². The van der Waals surface area contributed by atoms with Crippen LogP contribution in [-0.4, -0.2) is 16.7 Å². The maximum atomic E-state index is 5.78. The Bertz CT molecular complexity index is 384. The van der Waals surface area contributed by atoms with Gasteiger partial charge in [-0.25, -0.2) is 0 Å². The summed E-state index contributed by atoms with van der Waals surface area (Å²) in [5.74, 6) is 2.86. The molecular weight excluding hydrogens is 214 g/mol. The van der Waals surface area contributed by atoms with Crippen LogP contribution in [0.3, 0.4) is 0 Å². The molecule has 0 aliphatic heterocycles. The quantitative estimate of drug-likeness (QED) is 0.855. The molecule has 0 radical (unpaired) electrons. The molecule has 2 rings (SSSR count). The molecule has 96 valence electrons. The molecule has 1 aromatic heterocycles. The molecule has 0 amide bonds. The average Bonchev–Trinajstić information content (AvgIpc) is 2.70. The van der Waals surface area contributed by atoms with Gasteiger partial charge in [-0.3, -0.25) is 0 Å². The Hall–Kier alpha value is -0.900. The average molecular weight is 237 g/mol. The second-order valence-corrected chi connectivity index (χ2v) is 6.30. The van der Waals surface area contributed by atoms with Crippen LogP contribution in [0.2, 0.25) is 0 Å². The van der Waals surface area contributed by atoms with E-state index in [1.165, 1.54) is 0 Å². The summed E-state index contributed by atoms with van der Waals surface area (Å²) in [6, 6.07) is 0. The van der Waals surface area contributed by atoms with Gasteiger partial charge in [0.25, 0.3) is 0 Å². The van der Waals surface area contributed by atoms with E-state index in [0.717, 1.165) is 24.6 Å². The predicted molar refractivity (Wildman–Crippen MR) is 66.7 cm³/mol. The molecule has 0 aromatic carbocycles. The van der Waals surface area contributed by atoms with Crippen molar-refractivity contribution >= 4 is 0 Å². The van der Waals surface area contributed by atoms with Crippen LogP contribution in [0, 0.1) is 11.3 Å². The fourth-order valence-electron chi connectivity index (χ4n) is 2.33. The van der Waals surface area contributed by atoms with Crippen LogP contribution in [0.1, 0.15) is 64.1 Å². The van der Waals surface area contributed by atoms with E-state index in [9.17, 15) is 0 Å². The zero-order valence-electron chi connectivity index (χ0n) is 11.2. The van der Waals surface area contributed by atoms with Crippen molar-refractivity contribution in [3.8, 4) is 0 Å². The van der Waals surface area contributed by atoms with Crippen LogP contribution in [0.4, 0.5) is 0 Å². The topological polar surface area (TPSA) is 64.9 Å². The molecule has 0 bridgehead atoms. The molecule has 17 heavy (non-hydrogen) atoms. The Morgan fingerprint density at radius 2 is 2.12 bits per heavy atom. The van der Waals surface area contributed by atoms with E-state index >= 15 is 0 Å². The normalized spacial score (nSPS) is 24.0. The Kier molecular flexibility index (Phi) is 3.25. The summed E-state index contributed by atoms with van der Waals surface area (Å²) in [6.45, 7) is 9.42. The van der Waals surface area contributed by atoms with Crippen molar-refractivity contribution in [2.75, 3.05) is 6.54 Å². The van der Waals surface area contributed by atoms with Gasteiger partial charge in [0.2, 0.25) is 5.89 Å². The van der Waals surface area contributed by atoms with Crippen molar-refractivity contribution in [3.63, 3.8) is 0 Å². The van der Waals surface area contributed by atoms with Crippen molar-refractivity contribution in [1.82, 2.24) is 10.1 Å². The van der Waals surface area contributed by atoms with Gasteiger partial charge in [-0.1, -0.05) is 32.9 Å². The van der Waals surface area contributed by atoms with Crippen LogP contribution >= 0.6 is 0 Å². The molecule has 1 saturated carbocycles. The number of hydrogen-bond acceptors (Lipinski definition) is 4. The monoisotopic (exact) mass is 237 g/mol. The van der Waals surface area contributed by atoms with Crippen LogP contribution in [0.25, 0.3) is 0 Å². The fraction of sp³-hybridized carbons (Fsp3) is 0.846. The first-order valence-corrected chi connectivity index (χ1v) is 6.47. The molecule has 1 fully saturated rings. The molecule has 1 aromatic rings. The van der Waals surface area contributed by atoms with Gasteiger partial charge in [-0.15, -0.1) is 0 Å². The summed E-state index contributed by atoms with van der Waals surface area (Å²) >= 11 is 0. The minimum absolute atomic E-state index is 0.207. The Morgan fingerprint density at radius 3 is 2.59 bits per heavy atom. The predicted octanol–water partition coefficient (Wildman–Crippen LogP) is 2.67. The van der Waals surface area contributed by atoms with Crippen LogP contribution < -0.4 is 5.73 Å². The molecule has 2 atom stereocenters. The lowest BCUT2D eigenvalue weighted by atomic mass is 9.97. The lowest BCUT2D eigenvalue weighted by Gasteiger charge is -2.11. The number of nitrogens with two attached hydrogens (primary N) is 1. The van der Waals surface area contributed by atoms with Gasteiger partial charge in [0.15, 0.2) is 5.82 Å². The van der Waals surface area contributed by atoms with E-state index in [-0.39, 0.29) is 5.92 Å². The van der Waals surface area contributed by atoms with Gasteiger partial charge >= 0.3 is 0 Å². The first-order valence-electron chi connectivity index (χ1n) is 6.47. The van der Waals surface area contributed by atoms with Crippen molar-refractivity contribution in [2.45, 2.75) is 52.4 Å². The van der Waals surface area contributed by atoms with E-state index in [1.807, 2.05) is 0 Å². The summed E-state index contributed by atoms with van der Waals surface area (Å²) in [6.07, 6.45) is 2.16. The second kappa shape index (κ2) is 4.41. The molecule has 1 aliphatic carbocycles. The molecule has 2 unspecified atom stereocenters.